The second-order valence-corrected chi connectivity index (χ2v) is 34.5. The van der Waals surface area contributed by atoms with Gasteiger partial charge in [0.25, 0.3) is 15.6 Å². The van der Waals surface area contributed by atoms with Gasteiger partial charge in [-0.3, -0.25) is 47.5 Å². The van der Waals surface area contributed by atoms with Crippen LogP contribution in [0.5, 0.6) is 0 Å². The zero-order valence-electron chi connectivity index (χ0n) is 74.8. The van der Waals surface area contributed by atoms with Crippen LogP contribution in [-0.4, -0.2) is 137 Å². The SMILES string of the molecule is CCCCCC/C=C/CCCC(=O)OC(CCCCCCC)CCOCC(COP(=O)([O-])OCCNC(=O)CCCCCCC(=O)NCCOP(=O)([O-])OCC(COCCC(CCCCCCC)OC(=O)CCC/C=C/CCCCCC)NC(=O)CC(=O)CCCCCCCCCCC)NC(=O)CC(=O)CCCCCCCCCCC.[Na+]. The quantitative estimate of drug-likeness (QED) is 0.0110. The number of hydrogen-bond acceptors (Lipinski definition) is 20. The predicted octanol–water partition coefficient (Wildman–Crippen LogP) is 17.0. The van der Waals surface area contributed by atoms with Gasteiger partial charge >= 0.3 is 41.5 Å². The predicted molar refractivity (Wildman–Crippen MR) is 460 cm³/mol. The molecular weight excluding hydrogens is 1540 g/mol. The van der Waals surface area contributed by atoms with E-state index in [-0.39, 0.29) is 155 Å². The Labute approximate surface area is 731 Å². The Kier molecular flexibility index (Phi) is 84.1. The molecule has 6 unspecified atom stereocenters. The van der Waals surface area contributed by atoms with E-state index < -0.39 is 66.0 Å². The zero-order valence-corrected chi connectivity index (χ0v) is 78.6. The molecule has 0 radical (unpaired) electrons. The molecule has 4 N–H and O–H groups in total. The Morgan fingerprint density at radius 3 is 0.915 bits per heavy atom. The third kappa shape index (κ3) is 82.2. The number of esters is 2. The number of hydrogen-bond donors (Lipinski definition) is 4. The Balaban J connectivity index is 0. The van der Waals surface area contributed by atoms with Crippen molar-refractivity contribution < 1.29 is 124 Å². The topological polar surface area (TPSA) is 339 Å². The van der Waals surface area contributed by atoms with Crippen molar-refractivity contribution in [2.24, 2.45) is 0 Å². The van der Waals surface area contributed by atoms with Crippen LogP contribution in [0.3, 0.4) is 0 Å². The smallest absolute Gasteiger partial charge is 0.756 e. The first-order valence-corrected chi connectivity index (χ1v) is 49.3. The van der Waals surface area contributed by atoms with Gasteiger partial charge in [0.15, 0.2) is 0 Å². The van der Waals surface area contributed by atoms with Crippen molar-refractivity contribution in [1.29, 1.82) is 0 Å². The number of Topliss-reactive ketones (excluding diaryl/α,β-unsaturated/α-hetero) is 2. The number of amides is 4. The molecule has 0 aromatic carbocycles. The first-order chi connectivity index (χ1) is 56.2. The molecule has 0 saturated carbocycles. The molecule has 4 amide bonds. The van der Waals surface area contributed by atoms with Gasteiger partial charge in [-0.05, 0) is 103 Å². The normalized spacial score (nSPS) is 13.6. The van der Waals surface area contributed by atoms with E-state index in [9.17, 15) is 57.3 Å². The van der Waals surface area contributed by atoms with E-state index in [0.717, 1.165) is 128 Å². The van der Waals surface area contributed by atoms with Crippen LogP contribution < -0.4 is 60.6 Å². The molecule has 117 heavy (non-hydrogen) atoms. The summed E-state index contributed by atoms with van der Waals surface area (Å²) >= 11 is 0. The molecule has 0 saturated heterocycles. The average Bonchev–Trinajstić information content (AvgIpc) is 0.904. The Hall–Kier alpha value is -3.22. The van der Waals surface area contributed by atoms with Gasteiger partial charge in [-0.1, -0.05) is 271 Å². The van der Waals surface area contributed by atoms with E-state index in [1.165, 1.54) is 116 Å². The van der Waals surface area contributed by atoms with Crippen molar-refractivity contribution >= 4 is 62.8 Å². The minimum atomic E-state index is -4.96. The number of rotatable bonds is 89. The summed E-state index contributed by atoms with van der Waals surface area (Å²) in [4.78, 5) is 130. The molecule has 0 spiro atoms. The van der Waals surface area contributed by atoms with Gasteiger partial charge in [-0.25, -0.2) is 0 Å². The minimum absolute atomic E-state index is 0. The molecule has 6 atom stereocenters. The number of phosphoric ester groups is 2. The van der Waals surface area contributed by atoms with E-state index in [4.69, 9.17) is 37.0 Å². The third-order valence-electron chi connectivity index (χ3n) is 20.3. The van der Waals surface area contributed by atoms with E-state index in [0.29, 0.717) is 89.9 Å². The molecule has 0 aromatic heterocycles. The summed E-state index contributed by atoms with van der Waals surface area (Å²) in [6, 6.07) is -1.97. The molecule has 24 nitrogen and oxygen atoms in total. The zero-order chi connectivity index (χ0) is 85.3. The minimum Gasteiger partial charge on any atom is -0.756 e. The van der Waals surface area contributed by atoms with Crippen LogP contribution in [0, 0.1) is 0 Å². The van der Waals surface area contributed by atoms with E-state index >= 15 is 0 Å². The summed E-state index contributed by atoms with van der Waals surface area (Å²) in [6.07, 6.45) is 57.5. The fraction of sp³-hybridized carbons (Fsp3) is 0.867. The number of nitrogens with one attached hydrogen (secondary N) is 4. The number of ether oxygens (including phenoxy) is 4. The van der Waals surface area contributed by atoms with Crippen molar-refractivity contribution in [3.8, 4) is 0 Å². The number of ketones is 2. The third-order valence-corrected chi connectivity index (χ3v) is 22.2. The van der Waals surface area contributed by atoms with Gasteiger partial charge in [-0.15, -0.1) is 0 Å². The second-order valence-electron chi connectivity index (χ2n) is 31.7. The Morgan fingerprint density at radius 1 is 0.308 bits per heavy atom. The molecule has 0 aliphatic heterocycles. The van der Waals surface area contributed by atoms with Crippen molar-refractivity contribution in [2.75, 3.05) is 65.9 Å². The summed E-state index contributed by atoms with van der Waals surface area (Å²) in [6.45, 7) is 10.8. The number of allylic oxidation sites excluding steroid dienone is 4. The summed E-state index contributed by atoms with van der Waals surface area (Å²) < 4.78 is 70.5. The maximum Gasteiger partial charge on any atom is 1.00 e. The van der Waals surface area contributed by atoms with Gasteiger partial charge < -0.3 is 68.1 Å². The van der Waals surface area contributed by atoms with Crippen LogP contribution in [0.1, 0.15) is 414 Å². The molecule has 27 heteroatoms. The Bertz CT molecular complexity index is 2420. The average molecular weight is 1710 g/mol. The Morgan fingerprint density at radius 2 is 0.590 bits per heavy atom. The standard InChI is InChI=1S/C90H168N4O20P2.Na/c1-7-13-19-25-29-33-37-43-49-57-81(95)73-87(99)93-79(75-107-69-65-83(59-51-41-23-17-11-5)113-89(101)63-55-45-39-35-31-27-21-15-9-3)77-111-115(103,104)109-71-67-91-85(97)61-53-47-48-54-62-86(98)92-68-72-110-116(105,106)112-78-80(94-88(100)74-82(96)58-50-44-38-34-30-26-20-14-8-2)76-108-70-66-84(60-52-42-24-18-12-6)114-90(102)64-56-46-40-36-32-28-22-16-10-4;/h35-36,39-40,79-80,83-84H,7-34,37-38,41-78H2,1-6H3,(H,91,97)(H,92,98)(H,93,99)(H,94,100)(H,103,104)(H,105,106);/q;+1/p-2/b39-35+,40-36+;. The van der Waals surface area contributed by atoms with Crippen LogP contribution in [0.4, 0.5) is 0 Å². The molecule has 0 bridgehead atoms. The van der Waals surface area contributed by atoms with Crippen molar-refractivity contribution in [1.82, 2.24) is 21.3 Å². The molecule has 0 heterocycles. The van der Waals surface area contributed by atoms with E-state index in [2.05, 4.69) is 87.1 Å². The van der Waals surface area contributed by atoms with Gasteiger partial charge in [0.05, 0.1) is 77.8 Å². The van der Waals surface area contributed by atoms with E-state index in [1.807, 2.05) is 0 Å². The molecule has 0 rings (SSSR count). The molecular formula is C90H166N4NaO20P2-. The summed E-state index contributed by atoms with van der Waals surface area (Å²) in [5.74, 6) is -2.83. The van der Waals surface area contributed by atoms with Crippen molar-refractivity contribution in [3.63, 3.8) is 0 Å². The van der Waals surface area contributed by atoms with E-state index in [1.54, 1.807) is 0 Å². The van der Waals surface area contributed by atoms with Crippen LogP contribution >= 0.6 is 15.6 Å². The van der Waals surface area contributed by atoms with Gasteiger partial charge in [0.1, 0.15) is 23.8 Å². The van der Waals surface area contributed by atoms with Crippen LogP contribution in [0.2, 0.25) is 0 Å². The van der Waals surface area contributed by atoms with Gasteiger partial charge in [-0.2, -0.15) is 0 Å². The largest absolute Gasteiger partial charge is 1.00 e. The number of carbonyl (C=O) groups excluding carboxylic acids is 8. The monoisotopic (exact) mass is 1710 g/mol. The number of carbonyl (C=O) groups is 8. The molecule has 0 aromatic rings. The first kappa shape index (κ1) is 116. The first-order valence-electron chi connectivity index (χ1n) is 46.4. The maximum atomic E-state index is 13.2. The summed E-state index contributed by atoms with van der Waals surface area (Å²) in [7, 11) is -9.93. The molecule has 0 fully saturated rings. The second kappa shape index (κ2) is 85.0. The fourth-order valence-electron chi connectivity index (χ4n) is 13.3. The number of phosphoric acid groups is 2. The number of unbranched alkanes of at least 4 members (excludes halogenated alkanes) is 37. The summed E-state index contributed by atoms with van der Waals surface area (Å²) in [5.41, 5.74) is 0. The summed E-state index contributed by atoms with van der Waals surface area (Å²) in [5, 5.41) is 10.7. The maximum absolute atomic E-state index is 13.2. The van der Waals surface area contributed by atoms with Crippen molar-refractivity contribution in [3.05, 3.63) is 24.3 Å². The fourth-order valence-corrected chi connectivity index (χ4v) is 14.8. The molecule has 0 aliphatic rings. The van der Waals surface area contributed by atoms with Crippen LogP contribution in [0.15, 0.2) is 24.3 Å². The van der Waals surface area contributed by atoms with Crippen LogP contribution in [-0.2, 0) is 84.5 Å². The molecule has 678 valence electrons. The van der Waals surface area contributed by atoms with Crippen molar-refractivity contribution in [2.45, 2.75) is 438 Å². The van der Waals surface area contributed by atoms with Gasteiger partial charge in [0, 0.05) is 64.5 Å². The molecule has 0 aliphatic carbocycles. The van der Waals surface area contributed by atoms with Gasteiger partial charge in [0.2, 0.25) is 23.6 Å². The van der Waals surface area contributed by atoms with Crippen LogP contribution in [0.25, 0.3) is 0 Å².